The van der Waals surface area contributed by atoms with E-state index >= 15 is 0 Å². The van der Waals surface area contributed by atoms with Crippen LogP contribution in [0.2, 0.25) is 5.02 Å². The normalized spacial score (nSPS) is 10.8. The standard InChI is InChI=1S/C24H21ClFN3O4/c1-2-16-3-6-19(7-4-16)32-15-29-13-18(12-27-29)28-24(30)23-10-8-20(33-23)14-31-22-9-5-17(26)11-21(22)25/h3-13H,2,14-15H2,1H3,(H,28,30). The van der Waals surface area contributed by atoms with Crippen LogP contribution in [0.5, 0.6) is 11.5 Å². The number of rotatable bonds is 9. The van der Waals surface area contributed by atoms with Crippen molar-refractivity contribution < 1.29 is 23.1 Å². The molecule has 0 radical (unpaired) electrons. The van der Waals surface area contributed by atoms with Gasteiger partial charge in [0.2, 0.25) is 0 Å². The Labute approximate surface area is 194 Å². The van der Waals surface area contributed by atoms with Gasteiger partial charge in [-0.05, 0) is 54.4 Å². The summed E-state index contributed by atoms with van der Waals surface area (Å²) in [6, 6.07) is 14.8. The van der Waals surface area contributed by atoms with Gasteiger partial charge in [-0.25, -0.2) is 9.07 Å². The van der Waals surface area contributed by atoms with Gasteiger partial charge >= 0.3 is 0 Å². The molecule has 0 saturated heterocycles. The van der Waals surface area contributed by atoms with Gasteiger partial charge in [-0.2, -0.15) is 5.10 Å². The Balaban J connectivity index is 1.28. The molecule has 0 atom stereocenters. The summed E-state index contributed by atoms with van der Waals surface area (Å²) in [6.07, 6.45) is 4.14. The number of anilines is 1. The molecule has 170 valence electrons. The first-order chi connectivity index (χ1) is 16.0. The van der Waals surface area contributed by atoms with Gasteiger partial charge in [0, 0.05) is 0 Å². The van der Waals surface area contributed by atoms with Gasteiger partial charge in [0.25, 0.3) is 5.91 Å². The lowest BCUT2D eigenvalue weighted by Crippen LogP contribution is -2.10. The van der Waals surface area contributed by atoms with Gasteiger partial charge in [-0.15, -0.1) is 0 Å². The topological polar surface area (TPSA) is 78.5 Å². The Morgan fingerprint density at radius 3 is 2.73 bits per heavy atom. The molecule has 33 heavy (non-hydrogen) atoms. The van der Waals surface area contributed by atoms with Gasteiger partial charge in [-0.3, -0.25) is 4.79 Å². The lowest BCUT2D eigenvalue weighted by atomic mass is 10.2. The van der Waals surface area contributed by atoms with E-state index < -0.39 is 11.7 Å². The van der Waals surface area contributed by atoms with Crippen molar-refractivity contribution in [3.8, 4) is 11.5 Å². The van der Waals surface area contributed by atoms with Crippen LogP contribution in [0.3, 0.4) is 0 Å². The zero-order chi connectivity index (χ0) is 23.2. The lowest BCUT2D eigenvalue weighted by Gasteiger charge is -2.06. The molecule has 0 fully saturated rings. The number of carbonyl (C=O) groups excluding carboxylic acids is 1. The SMILES string of the molecule is CCc1ccc(OCn2cc(NC(=O)c3ccc(COc4ccc(F)cc4Cl)o3)cn2)cc1. The molecule has 2 aromatic heterocycles. The molecule has 4 rings (SSSR count). The number of hydrogen-bond acceptors (Lipinski definition) is 5. The van der Waals surface area contributed by atoms with Crippen LogP contribution in [0, 0.1) is 5.82 Å². The highest BCUT2D eigenvalue weighted by atomic mass is 35.5. The molecule has 0 bridgehead atoms. The van der Waals surface area contributed by atoms with E-state index in [0.717, 1.165) is 18.2 Å². The Morgan fingerprint density at radius 1 is 1.15 bits per heavy atom. The average molecular weight is 470 g/mol. The number of aromatic nitrogens is 2. The number of nitrogens with one attached hydrogen (secondary N) is 1. The number of aryl methyl sites for hydroxylation is 1. The Bertz CT molecular complexity index is 1240. The molecule has 0 aliphatic heterocycles. The van der Waals surface area contributed by atoms with E-state index in [4.69, 9.17) is 25.5 Å². The van der Waals surface area contributed by atoms with Crippen LogP contribution < -0.4 is 14.8 Å². The summed E-state index contributed by atoms with van der Waals surface area (Å²) in [7, 11) is 0. The third-order valence-corrected chi connectivity index (χ3v) is 5.03. The minimum atomic E-state index is -0.454. The molecule has 0 unspecified atom stereocenters. The van der Waals surface area contributed by atoms with Crippen molar-refractivity contribution in [2.75, 3.05) is 5.32 Å². The number of carbonyl (C=O) groups is 1. The molecule has 1 N–H and O–H groups in total. The van der Waals surface area contributed by atoms with Gasteiger partial charge in [0.1, 0.15) is 29.7 Å². The second-order valence-corrected chi connectivity index (χ2v) is 7.53. The van der Waals surface area contributed by atoms with E-state index in [9.17, 15) is 9.18 Å². The van der Waals surface area contributed by atoms with Gasteiger partial charge < -0.3 is 19.2 Å². The first kappa shape index (κ1) is 22.4. The van der Waals surface area contributed by atoms with E-state index in [1.165, 1.54) is 30.0 Å². The van der Waals surface area contributed by atoms with Crippen LogP contribution in [0.15, 0.2) is 71.4 Å². The van der Waals surface area contributed by atoms with E-state index in [1.807, 2.05) is 24.3 Å². The summed E-state index contributed by atoms with van der Waals surface area (Å²) in [5.41, 5.74) is 1.73. The molecule has 0 saturated carbocycles. The summed E-state index contributed by atoms with van der Waals surface area (Å²) in [5.74, 6) is 0.691. The van der Waals surface area contributed by atoms with Crippen LogP contribution in [-0.4, -0.2) is 15.7 Å². The van der Waals surface area contributed by atoms with Crippen molar-refractivity contribution in [2.45, 2.75) is 26.7 Å². The molecule has 0 aliphatic carbocycles. The smallest absolute Gasteiger partial charge is 0.291 e. The maximum Gasteiger partial charge on any atom is 0.291 e. The van der Waals surface area contributed by atoms with Crippen LogP contribution in [-0.2, 0) is 19.8 Å². The fourth-order valence-corrected chi connectivity index (χ4v) is 3.19. The number of ether oxygens (including phenoxy) is 2. The number of nitrogens with zero attached hydrogens (tertiary/aromatic N) is 2. The Hall–Kier alpha value is -3.78. The first-order valence-corrected chi connectivity index (χ1v) is 10.6. The van der Waals surface area contributed by atoms with Crippen LogP contribution >= 0.6 is 11.6 Å². The Morgan fingerprint density at radius 2 is 1.97 bits per heavy atom. The van der Waals surface area contributed by atoms with E-state index in [1.54, 1.807) is 16.9 Å². The maximum atomic E-state index is 13.1. The summed E-state index contributed by atoms with van der Waals surface area (Å²) >= 11 is 5.94. The number of hydrogen-bond donors (Lipinski definition) is 1. The van der Waals surface area contributed by atoms with Crippen molar-refractivity contribution in [1.82, 2.24) is 9.78 Å². The second kappa shape index (κ2) is 10.2. The van der Waals surface area contributed by atoms with E-state index in [2.05, 4.69) is 17.3 Å². The highest BCUT2D eigenvalue weighted by Gasteiger charge is 2.13. The van der Waals surface area contributed by atoms with Gasteiger partial charge in [-0.1, -0.05) is 30.7 Å². The highest BCUT2D eigenvalue weighted by molar-refractivity contribution is 6.32. The number of amides is 1. The zero-order valence-electron chi connectivity index (χ0n) is 17.8. The molecule has 7 nitrogen and oxygen atoms in total. The highest BCUT2D eigenvalue weighted by Crippen LogP contribution is 2.26. The van der Waals surface area contributed by atoms with E-state index in [0.29, 0.717) is 17.2 Å². The summed E-state index contributed by atoms with van der Waals surface area (Å²) < 4.78 is 31.4. The van der Waals surface area contributed by atoms with Gasteiger partial charge in [0.15, 0.2) is 12.5 Å². The fourth-order valence-electron chi connectivity index (χ4n) is 2.97. The largest absolute Gasteiger partial charge is 0.484 e. The summed E-state index contributed by atoms with van der Waals surface area (Å²) in [6.45, 7) is 2.33. The summed E-state index contributed by atoms with van der Waals surface area (Å²) in [5, 5.41) is 7.05. The predicted octanol–water partition coefficient (Wildman–Crippen LogP) is 5.70. The maximum absolute atomic E-state index is 13.1. The second-order valence-electron chi connectivity index (χ2n) is 7.12. The minimum absolute atomic E-state index is 0.0349. The zero-order valence-corrected chi connectivity index (χ0v) is 18.5. The van der Waals surface area contributed by atoms with Crippen molar-refractivity contribution >= 4 is 23.2 Å². The average Bonchev–Trinajstić information content (AvgIpc) is 3.47. The third kappa shape index (κ3) is 5.93. The van der Waals surface area contributed by atoms with Gasteiger partial charge in [0.05, 0.1) is 23.1 Å². The fraction of sp³-hybridized carbons (Fsp3) is 0.167. The molecule has 0 spiro atoms. The molecule has 4 aromatic rings. The predicted molar refractivity (Wildman–Crippen MR) is 121 cm³/mol. The lowest BCUT2D eigenvalue weighted by molar-refractivity contribution is 0.0992. The molecule has 9 heteroatoms. The molecular weight excluding hydrogens is 449 g/mol. The van der Waals surface area contributed by atoms with Crippen LogP contribution in [0.1, 0.15) is 28.8 Å². The molecule has 2 aromatic carbocycles. The molecule has 1 amide bonds. The molecule has 0 aliphatic rings. The van der Waals surface area contributed by atoms with Crippen LogP contribution in [0.4, 0.5) is 10.1 Å². The van der Waals surface area contributed by atoms with Crippen molar-refractivity contribution in [2.24, 2.45) is 0 Å². The quantitative estimate of drug-likeness (QED) is 0.340. The van der Waals surface area contributed by atoms with Crippen molar-refractivity contribution in [3.63, 3.8) is 0 Å². The number of benzene rings is 2. The van der Waals surface area contributed by atoms with Crippen molar-refractivity contribution in [1.29, 1.82) is 0 Å². The Kier molecular flexibility index (Phi) is 6.95. The third-order valence-electron chi connectivity index (χ3n) is 4.74. The first-order valence-electron chi connectivity index (χ1n) is 10.2. The number of halogens is 2. The van der Waals surface area contributed by atoms with E-state index in [-0.39, 0.29) is 24.1 Å². The number of furan rings is 1. The monoisotopic (exact) mass is 469 g/mol. The molecule has 2 heterocycles. The van der Waals surface area contributed by atoms with Crippen LogP contribution in [0.25, 0.3) is 0 Å². The minimum Gasteiger partial charge on any atom is -0.484 e. The van der Waals surface area contributed by atoms with Crippen molar-refractivity contribution in [3.05, 3.63) is 94.9 Å². The summed E-state index contributed by atoms with van der Waals surface area (Å²) in [4.78, 5) is 12.5. The molecular formula is C24H21ClFN3O4.